The number of anilines is 1. The van der Waals surface area contributed by atoms with Crippen molar-refractivity contribution in [1.29, 1.82) is 0 Å². The molecule has 1 saturated carbocycles. The Hall–Kier alpha value is -2.35. The number of carbonyl (C=O) groups is 1. The molecule has 0 aromatic carbocycles. The Labute approximate surface area is 202 Å². The van der Waals surface area contributed by atoms with Crippen molar-refractivity contribution >= 4 is 11.6 Å². The molecule has 1 saturated heterocycles. The van der Waals surface area contributed by atoms with Gasteiger partial charge in [0.15, 0.2) is 5.69 Å². The van der Waals surface area contributed by atoms with E-state index in [2.05, 4.69) is 31.2 Å². The summed E-state index contributed by atoms with van der Waals surface area (Å²) in [7, 11) is 1.88. The molecule has 1 aliphatic carbocycles. The second kappa shape index (κ2) is 9.72. The summed E-state index contributed by atoms with van der Waals surface area (Å²) in [6, 6.07) is 0.184. The smallest absolute Gasteiger partial charge is 0.291 e. The highest BCUT2D eigenvalue weighted by Gasteiger charge is 2.33. The van der Waals surface area contributed by atoms with Gasteiger partial charge in [0, 0.05) is 19.0 Å². The highest BCUT2D eigenvalue weighted by atomic mass is 16.5. The van der Waals surface area contributed by atoms with Gasteiger partial charge in [-0.05, 0) is 51.4 Å². The molecule has 4 rings (SSSR count). The maximum absolute atomic E-state index is 13.2. The van der Waals surface area contributed by atoms with Crippen LogP contribution in [-0.4, -0.2) is 32.6 Å². The summed E-state index contributed by atoms with van der Waals surface area (Å²) in [5, 5.41) is 6.90. The van der Waals surface area contributed by atoms with Gasteiger partial charge in [-0.1, -0.05) is 45.2 Å². The van der Waals surface area contributed by atoms with E-state index in [1.54, 1.807) is 4.68 Å². The Morgan fingerprint density at radius 2 is 1.79 bits per heavy atom. The van der Waals surface area contributed by atoms with Crippen molar-refractivity contribution in [3.8, 4) is 0 Å². The molecule has 2 aromatic heterocycles. The number of aromatic nitrogens is 3. The fraction of sp³-hybridized carbons (Fsp3) is 0.731. The van der Waals surface area contributed by atoms with Gasteiger partial charge >= 0.3 is 0 Å². The molecule has 0 unspecified atom stereocenters. The summed E-state index contributed by atoms with van der Waals surface area (Å²) in [6.45, 7) is 10.3. The SMILES string of the molecule is Cc1c(C(=O)Nc2c(C)n(C)n(C3CCCCC3)c2=O)noc1C[C@H]1CCC[C@@H](C(C)(C)C)O1. The van der Waals surface area contributed by atoms with Crippen molar-refractivity contribution in [1.82, 2.24) is 14.5 Å². The van der Waals surface area contributed by atoms with E-state index in [1.165, 1.54) is 6.42 Å². The van der Waals surface area contributed by atoms with E-state index in [-0.39, 0.29) is 34.9 Å². The minimum absolute atomic E-state index is 0.0552. The third-order valence-corrected chi connectivity index (χ3v) is 7.72. The van der Waals surface area contributed by atoms with Gasteiger partial charge in [-0.2, -0.15) is 0 Å². The van der Waals surface area contributed by atoms with Gasteiger partial charge in [0.1, 0.15) is 11.4 Å². The minimum atomic E-state index is -0.411. The predicted molar refractivity (Wildman–Crippen MR) is 131 cm³/mol. The highest BCUT2D eigenvalue weighted by Crippen LogP contribution is 2.33. The molecule has 0 bridgehead atoms. The lowest BCUT2D eigenvalue weighted by molar-refractivity contribution is -0.0989. The lowest BCUT2D eigenvalue weighted by atomic mass is 9.83. The van der Waals surface area contributed by atoms with Crippen LogP contribution in [0.4, 0.5) is 5.69 Å². The lowest BCUT2D eigenvalue weighted by Gasteiger charge is -2.37. The molecular weight excluding hydrogens is 432 g/mol. The zero-order valence-electron chi connectivity index (χ0n) is 21.6. The highest BCUT2D eigenvalue weighted by molar-refractivity contribution is 6.04. The maximum atomic E-state index is 13.2. The minimum Gasteiger partial charge on any atom is -0.374 e. The quantitative estimate of drug-likeness (QED) is 0.656. The lowest BCUT2D eigenvalue weighted by Crippen LogP contribution is -2.37. The van der Waals surface area contributed by atoms with Gasteiger partial charge in [-0.3, -0.25) is 14.3 Å². The van der Waals surface area contributed by atoms with E-state index in [0.717, 1.165) is 50.6 Å². The zero-order chi connectivity index (χ0) is 24.6. The number of hydrogen-bond donors (Lipinski definition) is 1. The van der Waals surface area contributed by atoms with E-state index in [0.29, 0.717) is 23.4 Å². The Bertz CT molecular complexity index is 1080. The molecular formula is C26H40N4O4. The first-order chi connectivity index (χ1) is 16.1. The summed E-state index contributed by atoms with van der Waals surface area (Å²) in [5.41, 5.74) is 1.95. The summed E-state index contributed by atoms with van der Waals surface area (Å²) in [5.74, 6) is 0.264. The first-order valence-corrected chi connectivity index (χ1v) is 12.8. The number of nitrogens with zero attached hydrogens (tertiary/aromatic N) is 3. The molecule has 2 fully saturated rings. The van der Waals surface area contributed by atoms with Crippen LogP contribution < -0.4 is 10.9 Å². The van der Waals surface area contributed by atoms with Crippen LogP contribution in [0.5, 0.6) is 0 Å². The number of rotatable bonds is 5. The third kappa shape index (κ3) is 4.88. The Morgan fingerprint density at radius 3 is 2.47 bits per heavy atom. The van der Waals surface area contributed by atoms with Crippen molar-refractivity contribution in [2.75, 3.05) is 5.32 Å². The fourth-order valence-corrected chi connectivity index (χ4v) is 5.45. The summed E-state index contributed by atoms with van der Waals surface area (Å²) in [6.07, 6.45) is 9.49. The normalized spacial score (nSPS) is 22.2. The van der Waals surface area contributed by atoms with Crippen molar-refractivity contribution in [3.05, 3.63) is 33.1 Å². The molecule has 3 heterocycles. The van der Waals surface area contributed by atoms with Crippen LogP contribution in [0.3, 0.4) is 0 Å². The number of carbonyl (C=O) groups excluding carboxylic acids is 1. The van der Waals surface area contributed by atoms with E-state index in [9.17, 15) is 9.59 Å². The van der Waals surface area contributed by atoms with Crippen LogP contribution in [0.1, 0.15) is 106 Å². The van der Waals surface area contributed by atoms with Crippen LogP contribution in [0.2, 0.25) is 0 Å². The average Bonchev–Trinajstić information content (AvgIpc) is 3.26. The Balaban J connectivity index is 1.48. The average molecular weight is 473 g/mol. The van der Waals surface area contributed by atoms with Gasteiger partial charge < -0.3 is 14.6 Å². The van der Waals surface area contributed by atoms with Gasteiger partial charge in [-0.15, -0.1) is 0 Å². The van der Waals surface area contributed by atoms with E-state index in [1.807, 2.05) is 25.6 Å². The van der Waals surface area contributed by atoms with Crippen molar-refractivity contribution in [3.63, 3.8) is 0 Å². The molecule has 34 heavy (non-hydrogen) atoms. The van der Waals surface area contributed by atoms with E-state index >= 15 is 0 Å². The van der Waals surface area contributed by atoms with Crippen LogP contribution in [-0.2, 0) is 18.2 Å². The largest absolute Gasteiger partial charge is 0.374 e. The van der Waals surface area contributed by atoms with E-state index in [4.69, 9.17) is 9.26 Å². The zero-order valence-corrected chi connectivity index (χ0v) is 21.6. The van der Waals surface area contributed by atoms with Gasteiger partial charge in [0.2, 0.25) is 0 Å². The maximum Gasteiger partial charge on any atom is 0.291 e. The second-order valence-electron chi connectivity index (χ2n) is 11.2. The molecule has 2 aromatic rings. The molecule has 0 spiro atoms. The van der Waals surface area contributed by atoms with Crippen molar-refractivity contribution < 1.29 is 14.1 Å². The molecule has 0 radical (unpaired) electrons. The standard InChI is InChI=1S/C26H40N4O4/c1-16-20(15-19-13-10-14-21(33-19)26(3,4)5)34-28-22(16)24(31)27-23-17(2)29(6)30(25(23)32)18-11-8-7-9-12-18/h18-19,21H,7-15H2,1-6H3,(H,27,31)/t19-,21+/m1/s1. The van der Waals surface area contributed by atoms with Crippen LogP contribution in [0, 0.1) is 19.3 Å². The van der Waals surface area contributed by atoms with Gasteiger partial charge in [-0.25, -0.2) is 4.68 Å². The molecule has 188 valence electrons. The first-order valence-electron chi connectivity index (χ1n) is 12.8. The molecule has 2 atom stereocenters. The number of hydrogen-bond acceptors (Lipinski definition) is 5. The number of ether oxygens (including phenoxy) is 1. The number of amides is 1. The topological polar surface area (TPSA) is 91.3 Å². The molecule has 2 aliphatic rings. The van der Waals surface area contributed by atoms with Gasteiger partial charge in [0.25, 0.3) is 11.5 Å². The Morgan fingerprint density at radius 1 is 1.09 bits per heavy atom. The van der Waals surface area contributed by atoms with Crippen molar-refractivity contribution in [2.45, 2.75) is 111 Å². The third-order valence-electron chi connectivity index (χ3n) is 7.72. The summed E-state index contributed by atoms with van der Waals surface area (Å²) < 4.78 is 15.6. The molecule has 1 aliphatic heterocycles. The van der Waals surface area contributed by atoms with E-state index < -0.39 is 5.91 Å². The first kappa shape index (κ1) is 24.8. The molecule has 1 N–H and O–H groups in total. The second-order valence-corrected chi connectivity index (χ2v) is 11.2. The van der Waals surface area contributed by atoms with Crippen molar-refractivity contribution in [2.24, 2.45) is 12.5 Å². The monoisotopic (exact) mass is 472 g/mol. The summed E-state index contributed by atoms with van der Waals surface area (Å²) in [4.78, 5) is 26.3. The summed E-state index contributed by atoms with van der Waals surface area (Å²) >= 11 is 0. The molecule has 1 amide bonds. The van der Waals surface area contributed by atoms with Gasteiger partial charge in [0.05, 0.1) is 23.9 Å². The van der Waals surface area contributed by atoms with Crippen LogP contribution >= 0.6 is 0 Å². The van der Waals surface area contributed by atoms with Crippen LogP contribution in [0.25, 0.3) is 0 Å². The number of nitrogens with one attached hydrogen (secondary N) is 1. The van der Waals surface area contributed by atoms with Crippen LogP contribution in [0.15, 0.2) is 9.32 Å². The predicted octanol–water partition coefficient (Wildman–Crippen LogP) is 5.08. The fourth-order valence-electron chi connectivity index (χ4n) is 5.45. The molecule has 8 heteroatoms. The Kier molecular flexibility index (Phi) is 7.08. The molecule has 8 nitrogen and oxygen atoms in total.